The van der Waals surface area contributed by atoms with Crippen molar-refractivity contribution in [2.45, 2.75) is 50.0 Å². The van der Waals surface area contributed by atoms with E-state index < -0.39 is 10.1 Å². The second-order valence-corrected chi connectivity index (χ2v) is 6.85. The van der Waals surface area contributed by atoms with Crippen LogP contribution < -0.4 is 0 Å². The van der Waals surface area contributed by atoms with Gasteiger partial charge in [-0.2, -0.15) is 8.42 Å². The molecule has 2 rings (SSSR count). The van der Waals surface area contributed by atoms with Crippen LogP contribution in [0.1, 0.15) is 36.8 Å². The molecule has 0 aromatic heterocycles. The van der Waals surface area contributed by atoms with Crippen molar-refractivity contribution in [3.8, 4) is 0 Å². The molecule has 0 atom stereocenters. The quantitative estimate of drug-likeness (QED) is 0.835. The summed E-state index contributed by atoms with van der Waals surface area (Å²) in [4.78, 5) is 0.0178. The van der Waals surface area contributed by atoms with E-state index in [0.29, 0.717) is 17.9 Å². The summed E-state index contributed by atoms with van der Waals surface area (Å²) < 4.78 is 32.0. The molecule has 1 aromatic rings. The Morgan fingerprint density at radius 3 is 2.42 bits per heavy atom. The second kappa shape index (κ2) is 5.61. The summed E-state index contributed by atoms with van der Waals surface area (Å²) in [6.07, 6.45) is 3.79. The molecule has 19 heavy (non-hydrogen) atoms. The fourth-order valence-corrected chi connectivity index (χ4v) is 3.49. The molecular formula is C14H20O4S. The van der Waals surface area contributed by atoms with Crippen LogP contribution in [-0.2, 0) is 16.5 Å². The van der Waals surface area contributed by atoms with Crippen molar-refractivity contribution >= 4 is 10.1 Å². The number of aliphatic hydroxyl groups excluding tert-OH is 1. The lowest BCUT2D eigenvalue weighted by atomic mass is 9.83. The van der Waals surface area contributed by atoms with Crippen LogP contribution in [0.25, 0.3) is 0 Å². The van der Waals surface area contributed by atoms with Crippen molar-refractivity contribution in [1.82, 2.24) is 0 Å². The maximum absolute atomic E-state index is 11.4. The average molecular weight is 284 g/mol. The molecule has 0 heterocycles. The van der Waals surface area contributed by atoms with Gasteiger partial charge >= 0.3 is 0 Å². The van der Waals surface area contributed by atoms with Gasteiger partial charge in [-0.15, -0.1) is 0 Å². The lowest BCUT2D eigenvalue weighted by Crippen LogP contribution is -2.20. The summed E-state index contributed by atoms with van der Waals surface area (Å²) in [7, 11) is -4.16. The Kier molecular flexibility index (Phi) is 4.28. The molecular weight excluding hydrogens is 264 g/mol. The molecule has 0 spiro atoms. The Morgan fingerprint density at radius 1 is 1.21 bits per heavy atom. The van der Waals surface area contributed by atoms with E-state index in [4.69, 9.17) is 0 Å². The monoisotopic (exact) mass is 284 g/mol. The van der Waals surface area contributed by atoms with Gasteiger partial charge in [0.2, 0.25) is 0 Å². The van der Waals surface area contributed by atoms with Crippen molar-refractivity contribution in [3.63, 3.8) is 0 Å². The van der Waals surface area contributed by atoms with Gasteiger partial charge in [-0.05, 0) is 56.6 Å². The van der Waals surface area contributed by atoms with Crippen LogP contribution in [0, 0.1) is 12.8 Å². The molecule has 1 fully saturated rings. The smallest absolute Gasteiger partial charge is 0.294 e. The number of rotatable bonds is 3. The summed E-state index contributed by atoms with van der Waals surface area (Å²) in [5, 5.41) is 9.49. The minimum absolute atomic E-state index is 0.0178. The van der Waals surface area contributed by atoms with Gasteiger partial charge in [0.15, 0.2) is 0 Å². The molecule has 1 aliphatic carbocycles. The van der Waals surface area contributed by atoms with Gasteiger partial charge in [0.05, 0.1) is 11.0 Å². The molecule has 0 unspecified atom stereocenters. The number of benzene rings is 1. The average Bonchev–Trinajstić information content (AvgIpc) is 2.30. The van der Waals surface area contributed by atoms with E-state index in [2.05, 4.69) is 0 Å². The number of hydrogen-bond acceptors (Lipinski definition) is 3. The molecule has 0 bridgehead atoms. The largest absolute Gasteiger partial charge is 0.393 e. The third kappa shape index (κ3) is 3.78. The lowest BCUT2D eigenvalue weighted by Gasteiger charge is -2.26. The molecule has 5 heteroatoms. The van der Waals surface area contributed by atoms with E-state index in [9.17, 15) is 18.1 Å². The van der Waals surface area contributed by atoms with Crippen molar-refractivity contribution in [2.24, 2.45) is 5.92 Å². The molecule has 1 saturated carbocycles. The minimum atomic E-state index is -4.16. The summed E-state index contributed by atoms with van der Waals surface area (Å²) in [6, 6.07) is 4.99. The highest BCUT2D eigenvalue weighted by molar-refractivity contribution is 7.85. The normalized spacial score (nSPS) is 24.4. The first-order valence-electron chi connectivity index (χ1n) is 6.61. The Balaban J connectivity index is 2.22. The maximum Gasteiger partial charge on any atom is 0.294 e. The molecule has 1 aromatic carbocycles. The zero-order valence-electron chi connectivity index (χ0n) is 11.0. The lowest BCUT2D eigenvalue weighted by molar-refractivity contribution is 0.108. The standard InChI is InChI=1S/C14H20O4S/c1-10-2-7-14(19(16,17)18)12(8-10)9-11-3-5-13(15)6-4-11/h2,7-8,11,13,15H,3-6,9H2,1H3,(H,16,17,18)/t11-,13-. The maximum atomic E-state index is 11.4. The van der Waals surface area contributed by atoms with Crippen LogP contribution in [0.4, 0.5) is 0 Å². The van der Waals surface area contributed by atoms with Gasteiger partial charge in [-0.1, -0.05) is 17.7 Å². The zero-order valence-corrected chi connectivity index (χ0v) is 11.9. The van der Waals surface area contributed by atoms with Crippen molar-refractivity contribution in [3.05, 3.63) is 29.3 Å². The van der Waals surface area contributed by atoms with E-state index in [-0.39, 0.29) is 11.0 Å². The Bertz CT molecular complexity index is 543. The van der Waals surface area contributed by atoms with Gasteiger partial charge in [0.25, 0.3) is 10.1 Å². The van der Waals surface area contributed by atoms with Crippen LogP contribution in [0.2, 0.25) is 0 Å². The van der Waals surface area contributed by atoms with E-state index in [0.717, 1.165) is 31.2 Å². The highest BCUT2D eigenvalue weighted by Gasteiger charge is 2.23. The number of hydrogen-bond donors (Lipinski definition) is 2. The molecule has 1 aliphatic rings. The first-order chi connectivity index (χ1) is 8.86. The molecule has 0 aliphatic heterocycles. The molecule has 106 valence electrons. The van der Waals surface area contributed by atoms with Gasteiger partial charge in [0, 0.05) is 0 Å². The van der Waals surface area contributed by atoms with Crippen LogP contribution in [0.3, 0.4) is 0 Å². The fraction of sp³-hybridized carbons (Fsp3) is 0.571. The topological polar surface area (TPSA) is 74.6 Å². The van der Waals surface area contributed by atoms with Gasteiger partial charge in [-0.3, -0.25) is 4.55 Å². The van der Waals surface area contributed by atoms with Crippen LogP contribution >= 0.6 is 0 Å². The van der Waals surface area contributed by atoms with Crippen molar-refractivity contribution in [2.75, 3.05) is 0 Å². The van der Waals surface area contributed by atoms with Gasteiger partial charge in [0.1, 0.15) is 0 Å². The Hall–Kier alpha value is -0.910. The van der Waals surface area contributed by atoms with Crippen LogP contribution in [0.5, 0.6) is 0 Å². The first-order valence-corrected chi connectivity index (χ1v) is 8.05. The van der Waals surface area contributed by atoms with Gasteiger partial charge < -0.3 is 5.11 Å². The minimum Gasteiger partial charge on any atom is -0.393 e. The summed E-state index contributed by atoms with van der Waals surface area (Å²) in [5.41, 5.74) is 1.67. The highest BCUT2D eigenvalue weighted by Crippen LogP contribution is 2.29. The van der Waals surface area contributed by atoms with E-state index in [1.165, 1.54) is 6.07 Å². The number of aliphatic hydroxyl groups is 1. The van der Waals surface area contributed by atoms with E-state index in [1.807, 2.05) is 13.0 Å². The van der Waals surface area contributed by atoms with Crippen molar-refractivity contribution in [1.29, 1.82) is 0 Å². The predicted molar refractivity (Wildman–Crippen MR) is 72.7 cm³/mol. The Morgan fingerprint density at radius 2 is 1.84 bits per heavy atom. The van der Waals surface area contributed by atoms with Gasteiger partial charge in [-0.25, -0.2) is 0 Å². The molecule has 0 amide bonds. The van der Waals surface area contributed by atoms with Crippen LogP contribution in [-0.4, -0.2) is 24.2 Å². The third-order valence-electron chi connectivity index (χ3n) is 3.82. The molecule has 4 nitrogen and oxygen atoms in total. The number of aryl methyl sites for hydroxylation is 1. The highest BCUT2D eigenvalue weighted by atomic mass is 32.2. The fourth-order valence-electron chi connectivity index (χ4n) is 2.78. The molecule has 2 N–H and O–H groups in total. The summed E-state index contributed by atoms with van der Waals surface area (Å²) in [5.74, 6) is 0.380. The van der Waals surface area contributed by atoms with E-state index in [1.54, 1.807) is 6.07 Å². The predicted octanol–water partition coefficient (Wildman–Crippen LogP) is 2.34. The first kappa shape index (κ1) is 14.5. The second-order valence-electron chi connectivity index (χ2n) is 5.46. The molecule has 0 radical (unpaired) electrons. The van der Waals surface area contributed by atoms with Crippen LogP contribution in [0.15, 0.2) is 23.1 Å². The molecule has 0 saturated heterocycles. The SMILES string of the molecule is Cc1ccc(S(=O)(=O)O)c(C[C@H]2CC[C@H](O)CC2)c1. The summed E-state index contributed by atoms with van der Waals surface area (Å²) >= 11 is 0. The van der Waals surface area contributed by atoms with Crippen molar-refractivity contribution < 1.29 is 18.1 Å². The Labute approximate surface area is 114 Å². The van der Waals surface area contributed by atoms with E-state index >= 15 is 0 Å². The summed E-state index contributed by atoms with van der Waals surface area (Å²) in [6.45, 7) is 1.90. The third-order valence-corrected chi connectivity index (χ3v) is 4.77. The zero-order chi connectivity index (χ0) is 14.0.